The van der Waals surface area contributed by atoms with Gasteiger partial charge in [0.1, 0.15) is 11.7 Å². The molecule has 3 rings (SSSR count). The Hall–Kier alpha value is -4.06. The molecule has 2 heterocycles. The molecule has 0 aliphatic carbocycles. The minimum atomic E-state index is -1.12. The number of carboxylic acids is 1. The van der Waals surface area contributed by atoms with Crippen molar-refractivity contribution in [3.63, 3.8) is 0 Å². The number of nitrogens with one attached hydrogen (secondary N) is 1. The van der Waals surface area contributed by atoms with Crippen molar-refractivity contribution in [1.29, 1.82) is 0 Å². The van der Waals surface area contributed by atoms with Crippen LogP contribution < -0.4 is 5.32 Å². The molecule has 3 amide bonds. The van der Waals surface area contributed by atoms with E-state index in [1.807, 2.05) is 6.07 Å². The third-order valence-electron chi connectivity index (χ3n) is 5.81. The van der Waals surface area contributed by atoms with E-state index in [0.717, 1.165) is 0 Å². The molecule has 1 aromatic carbocycles. The Kier molecular flexibility index (Phi) is 9.50. The molecule has 12 nitrogen and oxygen atoms in total. The molecule has 37 heavy (non-hydrogen) atoms. The van der Waals surface area contributed by atoms with E-state index in [1.165, 1.54) is 22.8 Å². The van der Waals surface area contributed by atoms with Gasteiger partial charge in [0, 0.05) is 38.2 Å². The van der Waals surface area contributed by atoms with Gasteiger partial charge in [0.25, 0.3) is 5.91 Å². The molecule has 0 radical (unpaired) electrons. The van der Waals surface area contributed by atoms with E-state index in [4.69, 9.17) is 9.84 Å². The molecule has 1 fully saturated rings. The Bertz CT molecular complexity index is 1120. The van der Waals surface area contributed by atoms with E-state index in [-0.39, 0.29) is 62.8 Å². The number of piperazine rings is 1. The zero-order valence-electron chi connectivity index (χ0n) is 20.8. The molecule has 1 aromatic heterocycles. The van der Waals surface area contributed by atoms with Gasteiger partial charge in [0.15, 0.2) is 5.82 Å². The van der Waals surface area contributed by atoms with Gasteiger partial charge in [-0.15, -0.1) is 0 Å². The lowest BCUT2D eigenvalue weighted by atomic mass is 10.1. The van der Waals surface area contributed by atoms with Crippen LogP contribution in [0.25, 0.3) is 11.4 Å². The Balaban J connectivity index is 1.79. The number of hydrogen-bond donors (Lipinski definition) is 3. The van der Waals surface area contributed by atoms with E-state index in [0.29, 0.717) is 5.56 Å². The van der Waals surface area contributed by atoms with Crippen LogP contribution in [0.1, 0.15) is 49.0 Å². The van der Waals surface area contributed by atoms with Crippen LogP contribution in [0.3, 0.4) is 0 Å². The van der Waals surface area contributed by atoms with E-state index >= 15 is 0 Å². The number of aliphatic hydroxyl groups is 1. The molecular formula is C25H31N5O7. The van der Waals surface area contributed by atoms with Crippen LogP contribution in [-0.2, 0) is 14.3 Å². The first-order chi connectivity index (χ1) is 17.7. The number of benzene rings is 1. The topological polar surface area (TPSA) is 162 Å². The summed E-state index contributed by atoms with van der Waals surface area (Å²) in [7, 11) is 0. The molecule has 3 N–H and O–H groups in total. The summed E-state index contributed by atoms with van der Waals surface area (Å²) in [5.74, 6) is -2.03. The summed E-state index contributed by atoms with van der Waals surface area (Å²) >= 11 is 0. The second-order valence-corrected chi connectivity index (χ2v) is 8.51. The number of carbonyl (C=O) groups is 4. The molecule has 2 aromatic rings. The number of amides is 3. The first kappa shape index (κ1) is 27.5. The van der Waals surface area contributed by atoms with E-state index in [2.05, 4.69) is 15.3 Å². The van der Waals surface area contributed by atoms with Crippen LogP contribution in [0.15, 0.2) is 36.4 Å². The number of ether oxygens (including phenoxy) is 1. The van der Waals surface area contributed by atoms with Gasteiger partial charge >= 0.3 is 12.1 Å². The highest BCUT2D eigenvalue weighted by molar-refractivity contribution is 5.96. The molecule has 1 aliphatic rings. The third kappa shape index (κ3) is 7.46. The Labute approximate surface area is 214 Å². The maximum atomic E-state index is 13.3. The number of aliphatic hydroxyl groups excluding tert-OH is 1. The largest absolute Gasteiger partial charge is 0.481 e. The fourth-order valence-electron chi connectivity index (χ4n) is 3.81. The third-order valence-corrected chi connectivity index (χ3v) is 5.81. The first-order valence-corrected chi connectivity index (χ1v) is 12.0. The van der Waals surface area contributed by atoms with Crippen molar-refractivity contribution in [3.8, 4) is 11.4 Å². The van der Waals surface area contributed by atoms with Crippen molar-refractivity contribution in [2.75, 3.05) is 32.8 Å². The van der Waals surface area contributed by atoms with Crippen LogP contribution >= 0.6 is 0 Å². The molecule has 1 aliphatic heterocycles. The molecule has 12 heteroatoms. The maximum absolute atomic E-state index is 13.3. The number of carbonyl (C=O) groups excluding carboxylic acids is 3. The quantitative estimate of drug-likeness (QED) is 0.450. The normalized spacial score (nSPS) is 15.0. The van der Waals surface area contributed by atoms with Gasteiger partial charge in [-0.3, -0.25) is 14.4 Å². The van der Waals surface area contributed by atoms with E-state index in [1.54, 1.807) is 31.2 Å². The standard InChI is InChI=1S/C25H31N5O7/c1-3-37-25(36)30-13-11-29(12-14-30)24(35)18(9-10-21(32)33)28-23(34)20-15-19(16(2)31)26-22(27-20)17-7-5-4-6-8-17/h4-8,15-16,18,31H,3,9-14H2,1-2H3,(H,28,34)(H,32,33)/t16?,18-/m0/s1. The number of nitrogens with zero attached hydrogens (tertiary/aromatic N) is 4. The zero-order valence-corrected chi connectivity index (χ0v) is 20.8. The fourth-order valence-corrected chi connectivity index (χ4v) is 3.81. The second-order valence-electron chi connectivity index (χ2n) is 8.51. The second kappa shape index (κ2) is 12.8. The molecule has 0 saturated carbocycles. The lowest BCUT2D eigenvalue weighted by Crippen LogP contribution is -2.56. The molecule has 1 unspecified atom stereocenters. The monoisotopic (exact) mass is 513 g/mol. The number of aliphatic carboxylic acids is 1. The predicted octanol–water partition coefficient (Wildman–Crippen LogP) is 1.46. The van der Waals surface area contributed by atoms with Crippen LogP contribution in [0.4, 0.5) is 4.79 Å². The van der Waals surface area contributed by atoms with Crippen LogP contribution in [-0.4, -0.2) is 92.7 Å². The SMILES string of the molecule is CCOC(=O)N1CCN(C(=O)[C@H](CCC(=O)O)NC(=O)c2cc(C(C)O)nc(-c3ccccc3)n2)CC1. The van der Waals surface area contributed by atoms with Gasteiger partial charge in [-0.25, -0.2) is 14.8 Å². The number of aromatic nitrogens is 2. The van der Waals surface area contributed by atoms with E-state index in [9.17, 15) is 24.3 Å². The molecule has 0 spiro atoms. The van der Waals surface area contributed by atoms with Gasteiger partial charge < -0.3 is 30.1 Å². The van der Waals surface area contributed by atoms with Gasteiger partial charge in [0.2, 0.25) is 5.91 Å². The summed E-state index contributed by atoms with van der Waals surface area (Å²) in [4.78, 5) is 61.2. The first-order valence-electron chi connectivity index (χ1n) is 12.0. The molecule has 1 saturated heterocycles. The van der Waals surface area contributed by atoms with Gasteiger partial charge in [0.05, 0.1) is 18.4 Å². The average molecular weight is 514 g/mol. The maximum Gasteiger partial charge on any atom is 0.409 e. The lowest BCUT2D eigenvalue weighted by molar-refractivity contribution is -0.138. The number of carboxylic acid groups (broad SMARTS) is 1. The Morgan fingerprint density at radius 2 is 1.70 bits per heavy atom. The Morgan fingerprint density at radius 1 is 1.05 bits per heavy atom. The van der Waals surface area contributed by atoms with Crippen molar-refractivity contribution >= 4 is 23.9 Å². The minimum absolute atomic E-state index is 0.0648. The van der Waals surface area contributed by atoms with Crippen molar-refractivity contribution in [3.05, 3.63) is 47.8 Å². The molecule has 198 valence electrons. The smallest absolute Gasteiger partial charge is 0.409 e. The lowest BCUT2D eigenvalue weighted by Gasteiger charge is -2.35. The van der Waals surface area contributed by atoms with Crippen LogP contribution in [0, 0.1) is 0 Å². The highest BCUT2D eigenvalue weighted by atomic mass is 16.6. The zero-order chi connectivity index (χ0) is 26.9. The summed E-state index contributed by atoms with van der Waals surface area (Å²) in [5.41, 5.74) is 0.796. The molecular weight excluding hydrogens is 482 g/mol. The van der Waals surface area contributed by atoms with Crippen molar-refractivity contribution < 1.29 is 34.1 Å². The average Bonchev–Trinajstić information content (AvgIpc) is 2.90. The van der Waals surface area contributed by atoms with E-state index < -0.39 is 36.0 Å². The van der Waals surface area contributed by atoms with Gasteiger partial charge in [-0.05, 0) is 26.3 Å². The van der Waals surface area contributed by atoms with Gasteiger partial charge in [-0.2, -0.15) is 0 Å². The molecule has 0 bridgehead atoms. The predicted molar refractivity (Wildman–Crippen MR) is 131 cm³/mol. The minimum Gasteiger partial charge on any atom is -0.481 e. The van der Waals surface area contributed by atoms with Crippen molar-refractivity contribution in [1.82, 2.24) is 25.1 Å². The summed E-state index contributed by atoms with van der Waals surface area (Å²) in [6, 6.07) is 9.13. The highest BCUT2D eigenvalue weighted by Crippen LogP contribution is 2.19. The summed E-state index contributed by atoms with van der Waals surface area (Å²) < 4.78 is 4.99. The fraction of sp³-hybridized carbons (Fsp3) is 0.440. The summed E-state index contributed by atoms with van der Waals surface area (Å²) in [6.07, 6.45) is -1.90. The van der Waals surface area contributed by atoms with Crippen LogP contribution in [0.2, 0.25) is 0 Å². The molecule has 2 atom stereocenters. The summed E-state index contributed by atoms with van der Waals surface area (Å²) in [5, 5.41) is 21.9. The Morgan fingerprint density at radius 3 is 2.30 bits per heavy atom. The van der Waals surface area contributed by atoms with Crippen molar-refractivity contribution in [2.45, 2.75) is 38.8 Å². The van der Waals surface area contributed by atoms with Crippen LogP contribution in [0.5, 0.6) is 0 Å². The van der Waals surface area contributed by atoms with Crippen molar-refractivity contribution in [2.24, 2.45) is 0 Å². The number of rotatable bonds is 9. The highest BCUT2D eigenvalue weighted by Gasteiger charge is 2.31. The summed E-state index contributed by atoms with van der Waals surface area (Å²) in [6.45, 7) is 4.41. The van der Waals surface area contributed by atoms with Gasteiger partial charge in [-0.1, -0.05) is 30.3 Å². The number of hydrogen-bond acceptors (Lipinski definition) is 8.